The summed E-state index contributed by atoms with van der Waals surface area (Å²) >= 11 is 1.58. The predicted octanol–water partition coefficient (Wildman–Crippen LogP) is 0.430. The van der Waals surface area contributed by atoms with Gasteiger partial charge in [0, 0.05) is 4.88 Å². The minimum Gasteiger partial charge on any atom is -0.350 e. The van der Waals surface area contributed by atoms with E-state index in [-0.39, 0.29) is 11.9 Å². The summed E-state index contributed by atoms with van der Waals surface area (Å²) in [5.74, 6) is 0.101. The Morgan fingerprint density at radius 1 is 1.86 bits per heavy atom. The number of nitrogens with one attached hydrogen (secondary N) is 2. The van der Waals surface area contributed by atoms with Gasteiger partial charge in [0.1, 0.15) is 0 Å². The van der Waals surface area contributed by atoms with Gasteiger partial charge in [0.05, 0.1) is 23.8 Å². The quantitative estimate of drug-likeness (QED) is 0.762. The average Bonchev–Trinajstić information content (AvgIpc) is 2.44. The van der Waals surface area contributed by atoms with Gasteiger partial charge in [-0.25, -0.2) is 4.98 Å². The van der Waals surface area contributed by atoms with E-state index in [9.17, 15) is 4.79 Å². The van der Waals surface area contributed by atoms with E-state index in [4.69, 9.17) is 0 Å². The van der Waals surface area contributed by atoms with Crippen LogP contribution in [-0.2, 0) is 11.3 Å². The average molecular weight is 211 g/mol. The Balaban J connectivity index is 1.82. The molecule has 2 rings (SSSR count). The van der Waals surface area contributed by atoms with E-state index in [1.165, 1.54) is 0 Å². The molecule has 1 aliphatic heterocycles. The van der Waals surface area contributed by atoms with Crippen LogP contribution in [0.1, 0.15) is 17.0 Å². The molecular formula is C9H13N3OS. The highest BCUT2D eigenvalue weighted by molar-refractivity contribution is 7.09. The minimum absolute atomic E-state index is 0.0308. The van der Waals surface area contributed by atoms with E-state index in [0.29, 0.717) is 6.54 Å². The molecule has 0 spiro atoms. The van der Waals surface area contributed by atoms with Crippen LogP contribution in [0.3, 0.4) is 0 Å². The third-order valence-corrected chi connectivity index (χ3v) is 3.34. The molecule has 1 saturated heterocycles. The fourth-order valence-corrected chi connectivity index (χ4v) is 2.02. The predicted molar refractivity (Wildman–Crippen MR) is 55.1 cm³/mol. The van der Waals surface area contributed by atoms with Gasteiger partial charge in [-0.15, -0.1) is 11.3 Å². The second kappa shape index (κ2) is 4.06. The van der Waals surface area contributed by atoms with Crippen molar-refractivity contribution in [2.24, 2.45) is 0 Å². The Bertz CT molecular complexity index is 333. The molecule has 2 N–H and O–H groups in total. The van der Waals surface area contributed by atoms with Gasteiger partial charge in [-0.3, -0.25) is 4.79 Å². The van der Waals surface area contributed by atoms with Crippen LogP contribution in [-0.4, -0.2) is 23.5 Å². The molecule has 0 bridgehead atoms. The summed E-state index contributed by atoms with van der Waals surface area (Å²) in [7, 11) is 0. The van der Waals surface area contributed by atoms with Crippen molar-refractivity contribution < 1.29 is 4.79 Å². The van der Waals surface area contributed by atoms with Gasteiger partial charge in [0.15, 0.2) is 0 Å². The van der Waals surface area contributed by atoms with Gasteiger partial charge in [-0.05, 0) is 19.9 Å². The summed E-state index contributed by atoms with van der Waals surface area (Å²) in [6.45, 7) is 3.52. The maximum atomic E-state index is 11.4. The molecule has 76 valence electrons. The molecule has 1 aromatic heterocycles. The number of aromatic nitrogens is 1. The first kappa shape index (κ1) is 9.61. The topological polar surface area (TPSA) is 54.0 Å². The highest BCUT2D eigenvalue weighted by Gasteiger charge is 2.23. The molecule has 1 unspecified atom stereocenters. The number of thiazole rings is 1. The van der Waals surface area contributed by atoms with Crippen LogP contribution in [0.15, 0.2) is 5.51 Å². The Morgan fingerprint density at radius 2 is 2.64 bits per heavy atom. The van der Waals surface area contributed by atoms with Crippen molar-refractivity contribution in [1.29, 1.82) is 0 Å². The summed E-state index contributed by atoms with van der Waals surface area (Å²) in [6, 6.07) is 0.0308. The van der Waals surface area contributed by atoms with Crippen molar-refractivity contribution in [2.45, 2.75) is 25.9 Å². The van der Waals surface area contributed by atoms with Crippen LogP contribution in [0.4, 0.5) is 0 Å². The number of rotatable bonds is 3. The summed E-state index contributed by atoms with van der Waals surface area (Å²) in [6.07, 6.45) is 0.952. The molecule has 2 heterocycles. The van der Waals surface area contributed by atoms with Crippen LogP contribution < -0.4 is 10.6 Å². The van der Waals surface area contributed by atoms with Crippen LogP contribution in [0.5, 0.6) is 0 Å². The van der Waals surface area contributed by atoms with Crippen molar-refractivity contribution >= 4 is 17.2 Å². The van der Waals surface area contributed by atoms with Crippen molar-refractivity contribution in [2.75, 3.05) is 6.54 Å². The normalized spacial score (nSPS) is 20.2. The summed E-state index contributed by atoms with van der Waals surface area (Å²) in [5.41, 5.74) is 2.81. The van der Waals surface area contributed by atoms with E-state index in [2.05, 4.69) is 15.6 Å². The molecule has 5 heteroatoms. The second-order valence-corrected chi connectivity index (χ2v) is 4.31. The van der Waals surface area contributed by atoms with Gasteiger partial charge >= 0.3 is 0 Å². The summed E-state index contributed by atoms with van der Waals surface area (Å²) in [4.78, 5) is 16.7. The SMILES string of the molecule is Cc1ncsc1CNC(=O)C1CCN1. The van der Waals surface area contributed by atoms with Crippen LogP contribution in [0, 0.1) is 6.92 Å². The lowest BCUT2D eigenvalue weighted by atomic mass is 10.1. The molecule has 0 aromatic carbocycles. The highest BCUT2D eigenvalue weighted by Crippen LogP contribution is 2.11. The van der Waals surface area contributed by atoms with E-state index >= 15 is 0 Å². The highest BCUT2D eigenvalue weighted by atomic mass is 32.1. The molecule has 1 aromatic rings. The van der Waals surface area contributed by atoms with Gasteiger partial charge in [-0.1, -0.05) is 0 Å². The lowest BCUT2D eigenvalue weighted by Crippen LogP contribution is -2.52. The molecular weight excluding hydrogens is 198 g/mol. The van der Waals surface area contributed by atoms with Gasteiger partial charge in [-0.2, -0.15) is 0 Å². The Labute approximate surface area is 86.7 Å². The monoisotopic (exact) mass is 211 g/mol. The number of hydrogen-bond acceptors (Lipinski definition) is 4. The van der Waals surface area contributed by atoms with Crippen molar-refractivity contribution in [3.63, 3.8) is 0 Å². The van der Waals surface area contributed by atoms with E-state index in [0.717, 1.165) is 23.5 Å². The standard InChI is InChI=1S/C9H13N3OS/c1-6-8(14-5-12-6)4-11-9(13)7-2-3-10-7/h5,7,10H,2-4H2,1H3,(H,11,13). The van der Waals surface area contributed by atoms with Crippen molar-refractivity contribution in [3.8, 4) is 0 Å². The molecule has 1 fully saturated rings. The van der Waals surface area contributed by atoms with Gasteiger partial charge in [0.25, 0.3) is 0 Å². The lowest BCUT2D eigenvalue weighted by Gasteiger charge is -2.26. The molecule has 1 amide bonds. The van der Waals surface area contributed by atoms with Crippen LogP contribution in [0.2, 0.25) is 0 Å². The molecule has 14 heavy (non-hydrogen) atoms. The maximum absolute atomic E-state index is 11.4. The Hall–Kier alpha value is -0.940. The molecule has 1 aliphatic rings. The van der Waals surface area contributed by atoms with Crippen LogP contribution in [0.25, 0.3) is 0 Å². The summed E-state index contributed by atoms with van der Waals surface area (Å²) in [5, 5.41) is 5.96. The number of hydrogen-bond donors (Lipinski definition) is 2. The molecule has 0 saturated carbocycles. The molecule has 4 nitrogen and oxygen atoms in total. The third-order valence-electron chi connectivity index (χ3n) is 2.41. The second-order valence-electron chi connectivity index (χ2n) is 3.37. The first-order valence-corrected chi connectivity index (χ1v) is 5.55. The number of carbonyl (C=O) groups is 1. The first-order valence-electron chi connectivity index (χ1n) is 4.67. The zero-order chi connectivity index (χ0) is 9.97. The van der Waals surface area contributed by atoms with Crippen LogP contribution >= 0.6 is 11.3 Å². The Morgan fingerprint density at radius 3 is 3.14 bits per heavy atom. The van der Waals surface area contributed by atoms with Gasteiger partial charge < -0.3 is 10.6 Å². The van der Waals surface area contributed by atoms with Crippen molar-refractivity contribution in [3.05, 3.63) is 16.1 Å². The minimum atomic E-state index is 0.0308. The lowest BCUT2D eigenvalue weighted by molar-refractivity contribution is -0.124. The largest absolute Gasteiger partial charge is 0.350 e. The van der Waals surface area contributed by atoms with Gasteiger partial charge in [0.2, 0.25) is 5.91 Å². The van der Waals surface area contributed by atoms with E-state index < -0.39 is 0 Å². The fraction of sp³-hybridized carbons (Fsp3) is 0.556. The number of amides is 1. The van der Waals surface area contributed by atoms with Crippen molar-refractivity contribution in [1.82, 2.24) is 15.6 Å². The maximum Gasteiger partial charge on any atom is 0.237 e. The summed E-state index contributed by atoms with van der Waals surface area (Å²) < 4.78 is 0. The zero-order valence-corrected chi connectivity index (χ0v) is 8.86. The third kappa shape index (κ3) is 1.93. The van der Waals surface area contributed by atoms with E-state index in [1.807, 2.05) is 6.92 Å². The first-order chi connectivity index (χ1) is 6.77. The molecule has 1 atom stereocenters. The number of carbonyl (C=O) groups excluding carboxylic acids is 1. The Kier molecular flexibility index (Phi) is 2.79. The number of nitrogens with zero attached hydrogens (tertiary/aromatic N) is 1. The smallest absolute Gasteiger partial charge is 0.237 e. The molecule has 0 aliphatic carbocycles. The number of aryl methyl sites for hydroxylation is 1. The van der Waals surface area contributed by atoms with E-state index in [1.54, 1.807) is 16.8 Å². The fourth-order valence-electron chi connectivity index (χ4n) is 1.30. The zero-order valence-electron chi connectivity index (χ0n) is 8.04. The molecule has 0 radical (unpaired) electrons.